The lowest BCUT2D eigenvalue weighted by molar-refractivity contribution is 0.0526. The average molecular weight is 313 g/mol. The van der Waals surface area contributed by atoms with Gasteiger partial charge in [-0.1, -0.05) is 6.07 Å². The van der Waals surface area contributed by atoms with Crippen molar-refractivity contribution in [2.24, 2.45) is 0 Å². The van der Waals surface area contributed by atoms with Gasteiger partial charge in [0.2, 0.25) is 0 Å². The molecule has 124 valence electrons. The second-order valence-electron chi connectivity index (χ2n) is 5.89. The molecule has 0 saturated carbocycles. The number of hydrogen-bond acceptors (Lipinski definition) is 4. The Kier molecular flexibility index (Phi) is 7.11. The van der Waals surface area contributed by atoms with Gasteiger partial charge in [0.15, 0.2) is 0 Å². The zero-order valence-electron chi connectivity index (χ0n) is 13.3. The van der Waals surface area contributed by atoms with Crippen LogP contribution >= 0.6 is 0 Å². The summed E-state index contributed by atoms with van der Waals surface area (Å²) < 4.78 is 23.7. The number of benzene rings is 1. The normalized spacial score (nSPS) is 11.1. The largest absolute Gasteiger partial charge is 0.493 e. The second kappa shape index (κ2) is 8.58. The molecule has 0 heterocycles. The summed E-state index contributed by atoms with van der Waals surface area (Å²) in [6.45, 7) is 6.07. The Labute approximate surface area is 130 Å². The number of ether oxygens (including phenoxy) is 2. The molecule has 0 aliphatic heterocycles. The van der Waals surface area contributed by atoms with Crippen LogP contribution in [0.2, 0.25) is 0 Å². The summed E-state index contributed by atoms with van der Waals surface area (Å²) in [6.07, 6.45) is 0.960. The molecular weight excluding hydrogens is 289 g/mol. The first-order valence-corrected chi connectivity index (χ1v) is 7.31. The Bertz CT molecular complexity index is 486. The molecule has 0 unspecified atom stereocenters. The van der Waals surface area contributed by atoms with Gasteiger partial charge in [0.1, 0.15) is 17.2 Å². The molecule has 0 radical (unpaired) electrons. The third-order valence-electron chi connectivity index (χ3n) is 2.70. The lowest BCUT2D eigenvalue weighted by Gasteiger charge is -2.19. The van der Waals surface area contributed by atoms with Crippen molar-refractivity contribution < 1.29 is 23.8 Å². The molecule has 0 aliphatic rings. The van der Waals surface area contributed by atoms with Crippen LogP contribution in [-0.2, 0) is 11.3 Å². The van der Waals surface area contributed by atoms with E-state index in [1.165, 1.54) is 18.2 Å². The minimum Gasteiger partial charge on any atom is -0.493 e. The van der Waals surface area contributed by atoms with Crippen molar-refractivity contribution >= 4 is 6.09 Å². The molecular formula is C16H24FNO4. The van der Waals surface area contributed by atoms with Gasteiger partial charge in [-0.3, -0.25) is 0 Å². The minimum atomic E-state index is -0.509. The molecule has 1 amide bonds. The zero-order chi connectivity index (χ0) is 16.6. The molecule has 0 aromatic heterocycles. The molecule has 1 aromatic carbocycles. The SMILES string of the molecule is CC(C)(C)OC(=O)NCCCCOc1cc(F)ccc1CO. The maximum Gasteiger partial charge on any atom is 0.407 e. The number of carbonyl (C=O) groups is 1. The monoisotopic (exact) mass is 313 g/mol. The van der Waals surface area contributed by atoms with E-state index >= 15 is 0 Å². The summed E-state index contributed by atoms with van der Waals surface area (Å²) in [4.78, 5) is 11.4. The molecule has 1 rings (SSSR count). The summed E-state index contributed by atoms with van der Waals surface area (Å²) in [5.41, 5.74) is 0.0407. The number of nitrogens with one attached hydrogen (secondary N) is 1. The molecule has 5 nitrogen and oxygen atoms in total. The molecule has 0 spiro atoms. The van der Waals surface area contributed by atoms with Crippen molar-refractivity contribution in [1.82, 2.24) is 5.32 Å². The molecule has 0 bridgehead atoms. The number of unbranched alkanes of at least 4 members (excludes halogenated alkanes) is 1. The molecule has 1 aromatic rings. The van der Waals surface area contributed by atoms with Crippen LogP contribution in [0.4, 0.5) is 9.18 Å². The van der Waals surface area contributed by atoms with Crippen LogP contribution in [0.15, 0.2) is 18.2 Å². The number of alkyl carbamates (subject to hydrolysis) is 1. The Morgan fingerprint density at radius 1 is 1.32 bits per heavy atom. The number of carbonyl (C=O) groups excluding carboxylic acids is 1. The van der Waals surface area contributed by atoms with Gasteiger partial charge < -0.3 is 19.9 Å². The summed E-state index contributed by atoms with van der Waals surface area (Å²) in [6, 6.07) is 4.03. The third-order valence-corrected chi connectivity index (χ3v) is 2.70. The molecule has 0 fully saturated rings. The highest BCUT2D eigenvalue weighted by atomic mass is 19.1. The number of amides is 1. The Morgan fingerprint density at radius 3 is 2.68 bits per heavy atom. The highest BCUT2D eigenvalue weighted by Crippen LogP contribution is 2.20. The number of aliphatic hydroxyl groups is 1. The second-order valence-corrected chi connectivity index (χ2v) is 5.89. The van der Waals surface area contributed by atoms with Gasteiger partial charge in [-0.2, -0.15) is 0 Å². The molecule has 6 heteroatoms. The van der Waals surface area contributed by atoms with Crippen LogP contribution in [0.5, 0.6) is 5.75 Å². The van der Waals surface area contributed by atoms with E-state index < -0.39 is 17.5 Å². The van der Waals surface area contributed by atoms with Crippen LogP contribution in [0.25, 0.3) is 0 Å². The Balaban J connectivity index is 2.21. The molecule has 22 heavy (non-hydrogen) atoms. The van der Waals surface area contributed by atoms with Crippen LogP contribution < -0.4 is 10.1 Å². The van der Waals surface area contributed by atoms with E-state index in [9.17, 15) is 9.18 Å². The van der Waals surface area contributed by atoms with E-state index in [4.69, 9.17) is 14.6 Å². The van der Waals surface area contributed by atoms with E-state index in [1.807, 2.05) is 0 Å². The topological polar surface area (TPSA) is 67.8 Å². The first-order chi connectivity index (χ1) is 10.3. The van der Waals surface area contributed by atoms with Crippen molar-refractivity contribution in [3.63, 3.8) is 0 Å². The maximum atomic E-state index is 13.1. The number of halogens is 1. The van der Waals surface area contributed by atoms with Gasteiger partial charge in [0.25, 0.3) is 0 Å². The fourth-order valence-corrected chi connectivity index (χ4v) is 1.71. The smallest absolute Gasteiger partial charge is 0.407 e. The lowest BCUT2D eigenvalue weighted by atomic mass is 10.2. The first kappa shape index (κ1) is 18.2. The first-order valence-electron chi connectivity index (χ1n) is 7.31. The van der Waals surface area contributed by atoms with E-state index in [2.05, 4.69) is 5.32 Å². The van der Waals surface area contributed by atoms with Gasteiger partial charge in [-0.15, -0.1) is 0 Å². The molecule has 0 saturated heterocycles. The quantitative estimate of drug-likeness (QED) is 0.759. The number of rotatable bonds is 7. The van der Waals surface area contributed by atoms with E-state index in [0.29, 0.717) is 37.3 Å². The van der Waals surface area contributed by atoms with Crippen molar-refractivity contribution in [2.45, 2.75) is 45.8 Å². The average Bonchev–Trinajstić information content (AvgIpc) is 2.41. The summed E-state index contributed by atoms with van der Waals surface area (Å²) >= 11 is 0. The summed E-state index contributed by atoms with van der Waals surface area (Å²) in [7, 11) is 0. The fourth-order valence-electron chi connectivity index (χ4n) is 1.71. The number of aliphatic hydroxyl groups excluding tert-OH is 1. The summed E-state index contributed by atoms with van der Waals surface area (Å²) in [5, 5.41) is 11.8. The van der Waals surface area contributed by atoms with Crippen LogP contribution in [0.1, 0.15) is 39.2 Å². The Morgan fingerprint density at radius 2 is 2.05 bits per heavy atom. The van der Waals surface area contributed by atoms with E-state index in [1.54, 1.807) is 20.8 Å². The van der Waals surface area contributed by atoms with E-state index in [0.717, 1.165) is 0 Å². The summed E-state index contributed by atoms with van der Waals surface area (Å²) in [5.74, 6) is -0.0543. The van der Waals surface area contributed by atoms with Gasteiger partial charge >= 0.3 is 6.09 Å². The predicted molar refractivity (Wildman–Crippen MR) is 81.3 cm³/mol. The molecule has 0 aliphatic carbocycles. The molecule has 2 N–H and O–H groups in total. The van der Waals surface area contributed by atoms with Gasteiger partial charge in [0, 0.05) is 18.2 Å². The highest BCUT2D eigenvalue weighted by Gasteiger charge is 2.15. The third kappa shape index (κ3) is 7.26. The minimum absolute atomic E-state index is 0.199. The fraction of sp³-hybridized carbons (Fsp3) is 0.562. The van der Waals surface area contributed by atoms with Crippen molar-refractivity contribution in [3.8, 4) is 5.75 Å². The highest BCUT2D eigenvalue weighted by molar-refractivity contribution is 5.67. The van der Waals surface area contributed by atoms with Crippen LogP contribution in [-0.4, -0.2) is 30.0 Å². The van der Waals surface area contributed by atoms with Gasteiger partial charge in [-0.05, 0) is 39.7 Å². The van der Waals surface area contributed by atoms with Crippen molar-refractivity contribution in [1.29, 1.82) is 0 Å². The Hall–Kier alpha value is -1.82. The van der Waals surface area contributed by atoms with Gasteiger partial charge in [0.05, 0.1) is 13.2 Å². The maximum absolute atomic E-state index is 13.1. The lowest BCUT2D eigenvalue weighted by Crippen LogP contribution is -2.33. The molecule has 0 atom stereocenters. The van der Waals surface area contributed by atoms with Crippen LogP contribution in [0, 0.1) is 5.82 Å². The van der Waals surface area contributed by atoms with Crippen molar-refractivity contribution in [3.05, 3.63) is 29.6 Å². The predicted octanol–water partition coefficient (Wildman–Crippen LogP) is 3.00. The standard InChI is InChI=1S/C16H24FNO4/c1-16(2,3)22-15(20)18-8-4-5-9-21-14-10-13(17)7-6-12(14)11-19/h6-7,10,19H,4-5,8-9,11H2,1-3H3,(H,18,20). The number of hydrogen-bond donors (Lipinski definition) is 2. The van der Waals surface area contributed by atoms with Crippen LogP contribution in [0.3, 0.4) is 0 Å². The van der Waals surface area contributed by atoms with Gasteiger partial charge in [-0.25, -0.2) is 9.18 Å². The zero-order valence-corrected chi connectivity index (χ0v) is 13.3. The van der Waals surface area contributed by atoms with Crippen molar-refractivity contribution in [2.75, 3.05) is 13.2 Å². The van der Waals surface area contributed by atoms with E-state index in [-0.39, 0.29) is 6.61 Å².